The summed E-state index contributed by atoms with van der Waals surface area (Å²) in [6.45, 7) is 5.25. The normalized spacial score (nSPS) is 21.2. The van der Waals surface area contributed by atoms with E-state index in [1.165, 1.54) is 29.2 Å². The van der Waals surface area contributed by atoms with E-state index in [0.29, 0.717) is 31.9 Å². The number of nitrogens with zero attached hydrogens (tertiary/aromatic N) is 1. The Morgan fingerprint density at radius 3 is 2.32 bits per heavy atom. The lowest BCUT2D eigenvalue weighted by atomic mass is 9.62. The van der Waals surface area contributed by atoms with Crippen LogP contribution in [0.15, 0.2) is 54.6 Å². The van der Waals surface area contributed by atoms with E-state index >= 15 is 0 Å². The van der Waals surface area contributed by atoms with Crippen LogP contribution >= 0.6 is 0 Å². The van der Waals surface area contributed by atoms with Crippen LogP contribution < -0.4 is 10.1 Å². The number of benzene rings is 2. The van der Waals surface area contributed by atoms with Crippen LogP contribution in [0, 0.1) is 11.3 Å². The number of para-hydroxylation sites is 1. The number of hydrogen-bond acceptors (Lipinski definition) is 4. The standard InChI is InChI=1S/C29H35F3N2O4/c1-20(2)19-38-24-12-8-7-11-22(24)23-18-33-25(35)17-27(23)13-15-34(16-14-27)26(36)28(37-3,29(30,31)32)21-9-5-4-6-10-21/h4-12,20,23H,13-19H2,1-3H3,(H,33,35)/t23?,28-/m1/s1. The van der Waals surface area contributed by atoms with E-state index in [1.807, 2.05) is 24.3 Å². The molecule has 2 fully saturated rings. The molecule has 0 bridgehead atoms. The van der Waals surface area contributed by atoms with E-state index in [-0.39, 0.29) is 36.9 Å². The highest BCUT2D eigenvalue weighted by Gasteiger charge is 2.64. The first kappa shape index (κ1) is 28.0. The highest BCUT2D eigenvalue weighted by atomic mass is 19.4. The zero-order chi connectivity index (χ0) is 27.6. The summed E-state index contributed by atoms with van der Waals surface area (Å²) < 4.78 is 54.6. The first-order valence-corrected chi connectivity index (χ1v) is 13.0. The quantitative estimate of drug-likeness (QED) is 0.543. The monoisotopic (exact) mass is 532 g/mol. The van der Waals surface area contributed by atoms with Gasteiger partial charge in [0.15, 0.2) is 0 Å². The van der Waals surface area contributed by atoms with Gasteiger partial charge in [-0.25, -0.2) is 0 Å². The largest absolute Gasteiger partial charge is 0.493 e. The molecule has 38 heavy (non-hydrogen) atoms. The number of nitrogens with one attached hydrogen (secondary N) is 1. The lowest BCUT2D eigenvalue weighted by Crippen LogP contribution is -2.60. The molecule has 2 aliphatic rings. The third-order valence-corrected chi connectivity index (χ3v) is 7.86. The van der Waals surface area contributed by atoms with Crippen molar-refractivity contribution in [2.45, 2.75) is 50.8 Å². The second kappa shape index (κ2) is 11.0. The molecular formula is C29H35F3N2O4. The SMILES string of the molecule is CO[C@@](C(=O)N1CCC2(CC1)CC(=O)NCC2c1ccccc1OCC(C)C)(c1ccccc1)C(F)(F)F. The molecule has 1 spiro atoms. The smallest absolute Gasteiger partial charge is 0.430 e. The van der Waals surface area contributed by atoms with E-state index < -0.39 is 23.1 Å². The number of piperidine rings is 2. The Hall–Kier alpha value is -3.07. The van der Waals surface area contributed by atoms with Crippen molar-refractivity contribution in [2.24, 2.45) is 11.3 Å². The maximum Gasteiger partial charge on any atom is 0.430 e. The summed E-state index contributed by atoms with van der Waals surface area (Å²) in [6.07, 6.45) is -3.94. The highest BCUT2D eigenvalue weighted by molar-refractivity contribution is 5.88. The van der Waals surface area contributed by atoms with E-state index in [4.69, 9.17) is 9.47 Å². The summed E-state index contributed by atoms with van der Waals surface area (Å²) in [7, 11) is 0.916. The molecule has 0 aliphatic carbocycles. The van der Waals surface area contributed by atoms with Crippen molar-refractivity contribution >= 4 is 11.8 Å². The van der Waals surface area contributed by atoms with Gasteiger partial charge in [-0.05, 0) is 35.8 Å². The fourth-order valence-corrected chi connectivity index (χ4v) is 5.84. The van der Waals surface area contributed by atoms with Crippen molar-refractivity contribution in [3.8, 4) is 5.75 Å². The van der Waals surface area contributed by atoms with Crippen LogP contribution in [0.25, 0.3) is 0 Å². The number of likely N-dealkylation sites (tertiary alicyclic amines) is 1. The second-order valence-electron chi connectivity index (χ2n) is 10.7. The summed E-state index contributed by atoms with van der Waals surface area (Å²) in [4.78, 5) is 27.4. The predicted octanol–water partition coefficient (Wildman–Crippen LogP) is 5.04. The lowest BCUT2D eigenvalue weighted by Gasteiger charge is -2.50. The fraction of sp³-hybridized carbons (Fsp3) is 0.517. The first-order valence-electron chi connectivity index (χ1n) is 13.0. The van der Waals surface area contributed by atoms with E-state index in [2.05, 4.69) is 19.2 Å². The summed E-state index contributed by atoms with van der Waals surface area (Å²) in [5, 5.41) is 2.96. The Morgan fingerprint density at radius 1 is 1.08 bits per heavy atom. The number of hydrogen-bond donors (Lipinski definition) is 1. The van der Waals surface area contributed by atoms with Crippen molar-refractivity contribution in [2.75, 3.05) is 33.4 Å². The molecule has 6 nitrogen and oxygen atoms in total. The number of halogens is 3. The van der Waals surface area contributed by atoms with Crippen LogP contribution in [0.1, 0.15) is 50.2 Å². The molecule has 1 N–H and O–H groups in total. The minimum Gasteiger partial charge on any atom is -0.493 e. The Labute approximate surface area is 221 Å². The number of carbonyl (C=O) groups excluding carboxylic acids is 2. The predicted molar refractivity (Wildman–Crippen MR) is 137 cm³/mol. The average Bonchev–Trinajstić information content (AvgIpc) is 2.89. The molecule has 2 aromatic rings. The van der Waals surface area contributed by atoms with Gasteiger partial charge in [0, 0.05) is 44.6 Å². The molecule has 2 heterocycles. The second-order valence-corrected chi connectivity index (χ2v) is 10.7. The van der Waals surface area contributed by atoms with Gasteiger partial charge in [0.25, 0.3) is 11.5 Å². The molecule has 2 saturated heterocycles. The summed E-state index contributed by atoms with van der Waals surface area (Å²) in [5.41, 5.74) is -2.89. The van der Waals surface area contributed by atoms with Crippen LogP contribution in [0.5, 0.6) is 5.75 Å². The Morgan fingerprint density at radius 2 is 1.71 bits per heavy atom. The van der Waals surface area contributed by atoms with Crippen molar-refractivity contribution in [3.05, 3.63) is 65.7 Å². The van der Waals surface area contributed by atoms with Crippen LogP contribution in [0.2, 0.25) is 0 Å². The van der Waals surface area contributed by atoms with E-state index in [0.717, 1.165) is 18.4 Å². The summed E-state index contributed by atoms with van der Waals surface area (Å²) in [5.74, 6) is -0.236. The maximum absolute atomic E-state index is 14.5. The topological polar surface area (TPSA) is 67.9 Å². The minimum absolute atomic E-state index is 0.0889. The van der Waals surface area contributed by atoms with E-state index in [1.54, 1.807) is 6.07 Å². The van der Waals surface area contributed by atoms with Gasteiger partial charge in [-0.2, -0.15) is 13.2 Å². The summed E-state index contributed by atoms with van der Waals surface area (Å²) >= 11 is 0. The molecule has 9 heteroatoms. The third kappa shape index (κ3) is 5.13. The molecule has 4 rings (SSSR count). The molecular weight excluding hydrogens is 497 g/mol. The molecule has 2 amide bonds. The Kier molecular flexibility index (Phi) is 8.06. The molecule has 0 radical (unpaired) electrons. The van der Waals surface area contributed by atoms with Crippen LogP contribution in [-0.2, 0) is 19.9 Å². The minimum atomic E-state index is -4.96. The van der Waals surface area contributed by atoms with Gasteiger partial charge in [0.2, 0.25) is 5.91 Å². The van der Waals surface area contributed by atoms with Gasteiger partial charge < -0.3 is 19.7 Å². The molecule has 0 saturated carbocycles. The zero-order valence-corrected chi connectivity index (χ0v) is 22.0. The molecule has 1 unspecified atom stereocenters. The Balaban J connectivity index is 1.62. The van der Waals surface area contributed by atoms with Crippen molar-refractivity contribution in [1.82, 2.24) is 10.2 Å². The van der Waals surface area contributed by atoms with Crippen LogP contribution in [0.3, 0.4) is 0 Å². The molecule has 2 aromatic carbocycles. The lowest BCUT2D eigenvalue weighted by molar-refractivity contribution is -0.271. The molecule has 206 valence electrons. The van der Waals surface area contributed by atoms with Crippen molar-refractivity contribution in [3.63, 3.8) is 0 Å². The van der Waals surface area contributed by atoms with Crippen LogP contribution in [-0.4, -0.2) is 56.2 Å². The molecule has 2 aliphatic heterocycles. The number of amides is 2. The summed E-state index contributed by atoms with van der Waals surface area (Å²) in [6, 6.07) is 14.8. The number of carbonyl (C=O) groups is 2. The number of methoxy groups -OCH3 is 1. The van der Waals surface area contributed by atoms with Crippen molar-refractivity contribution < 1.29 is 32.2 Å². The van der Waals surface area contributed by atoms with Gasteiger partial charge in [0.05, 0.1) is 6.61 Å². The molecule has 2 atom stereocenters. The number of rotatable bonds is 7. The molecule has 0 aromatic heterocycles. The van der Waals surface area contributed by atoms with Gasteiger partial charge >= 0.3 is 6.18 Å². The van der Waals surface area contributed by atoms with Gasteiger partial charge in [-0.3, -0.25) is 9.59 Å². The zero-order valence-electron chi connectivity index (χ0n) is 22.0. The Bertz CT molecular complexity index is 1130. The van der Waals surface area contributed by atoms with E-state index in [9.17, 15) is 22.8 Å². The van der Waals surface area contributed by atoms with Gasteiger partial charge in [0.1, 0.15) is 5.75 Å². The fourth-order valence-electron chi connectivity index (χ4n) is 5.84. The van der Waals surface area contributed by atoms with Crippen molar-refractivity contribution in [1.29, 1.82) is 0 Å². The first-order chi connectivity index (χ1) is 18.0. The van der Waals surface area contributed by atoms with Gasteiger partial charge in [-0.15, -0.1) is 0 Å². The number of alkyl halides is 3. The third-order valence-electron chi connectivity index (χ3n) is 7.86. The maximum atomic E-state index is 14.5. The van der Waals surface area contributed by atoms with Gasteiger partial charge in [-0.1, -0.05) is 62.4 Å². The average molecular weight is 533 g/mol. The highest BCUT2D eigenvalue weighted by Crippen LogP contribution is 2.52. The number of ether oxygens (including phenoxy) is 2. The van der Waals surface area contributed by atoms with Crippen LogP contribution in [0.4, 0.5) is 13.2 Å².